The molecule has 8 nitrogen and oxygen atoms in total. The summed E-state index contributed by atoms with van der Waals surface area (Å²) in [5.41, 5.74) is -0.194. The molecule has 9 heteroatoms. The molecule has 1 atom stereocenters. The normalized spacial score (nSPS) is 20.2. The number of aliphatic hydroxyl groups is 1. The van der Waals surface area contributed by atoms with Crippen LogP contribution in [-0.2, 0) is 11.3 Å². The van der Waals surface area contributed by atoms with Crippen LogP contribution in [0.15, 0.2) is 35.4 Å². The van der Waals surface area contributed by atoms with E-state index >= 15 is 0 Å². The molecule has 186 valence electrons. The minimum atomic E-state index is -0.873. The average molecular weight is 491 g/mol. The number of nitrogens with one attached hydrogen (secondary N) is 2. The first-order valence-corrected chi connectivity index (χ1v) is 12.7. The Labute approximate surface area is 205 Å². The van der Waals surface area contributed by atoms with Crippen LogP contribution in [0.4, 0.5) is 0 Å². The predicted octanol–water partition coefficient (Wildman–Crippen LogP) is 2.88. The minimum Gasteiger partial charge on any atom is -0.388 e. The van der Waals surface area contributed by atoms with Gasteiger partial charge in [-0.25, -0.2) is 4.79 Å². The van der Waals surface area contributed by atoms with Crippen molar-refractivity contribution in [2.45, 2.75) is 69.6 Å². The third-order valence-corrected chi connectivity index (χ3v) is 7.17. The van der Waals surface area contributed by atoms with Gasteiger partial charge in [0.25, 0.3) is 5.91 Å². The molecule has 1 amide bonds. The van der Waals surface area contributed by atoms with E-state index in [1.807, 2.05) is 0 Å². The zero-order chi connectivity index (χ0) is 24.0. The van der Waals surface area contributed by atoms with Gasteiger partial charge in [-0.1, -0.05) is 37.3 Å². The van der Waals surface area contributed by atoms with Crippen molar-refractivity contribution in [3.8, 4) is 5.69 Å². The summed E-state index contributed by atoms with van der Waals surface area (Å²) in [6, 6.07) is 4.97. The van der Waals surface area contributed by atoms with Gasteiger partial charge in [-0.3, -0.25) is 13.9 Å². The molecular weight excluding hydrogens is 456 g/mol. The molecule has 34 heavy (non-hydrogen) atoms. The number of carbonyl (C=O) groups excluding carboxylic acids is 1. The lowest BCUT2D eigenvalue weighted by Crippen LogP contribution is -2.42. The molecule has 0 spiro atoms. The number of hydrogen-bond donors (Lipinski definition) is 3. The third kappa shape index (κ3) is 6.30. The maximum absolute atomic E-state index is 12.9. The number of nitrogens with zero attached hydrogens (tertiary/aromatic N) is 2. The molecule has 2 fully saturated rings. The number of halogens is 1. The van der Waals surface area contributed by atoms with Crippen LogP contribution in [-0.4, -0.2) is 58.1 Å². The molecule has 1 aliphatic heterocycles. The smallest absolute Gasteiger partial charge is 0.332 e. The van der Waals surface area contributed by atoms with Crippen LogP contribution < -0.4 is 16.3 Å². The lowest BCUT2D eigenvalue weighted by molar-refractivity contribution is 0.0246. The van der Waals surface area contributed by atoms with Crippen LogP contribution in [0.5, 0.6) is 0 Å². The molecule has 2 heterocycles. The van der Waals surface area contributed by atoms with Crippen molar-refractivity contribution in [3.63, 3.8) is 0 Å². The number of rotatable bonds is 9. The van der Waals surface area contributed by atoms with E-state index in [4.69, 9.17) is 16.3 Å². The largest absolute Gasteiger partial charge is 0.388 e. The van der Waals surface area contributed by atoms with Gasteiger partial charge in [-0.15, -0.1) is 0 Å². The number of amides is 1. The van der Waals surface area contributed by atoms with E-state index in [0.29, 0.717) is 36.7 Å². The van der Waals surface area contributed by atoms with E-state index in [2.05, 4.69) is 10.6 Å². The van der Waals surface area contributed by atoms with Crippen molar-refractivity contribution in [2.75, 3.05) is 26.2 Å². The van der Waals surface area contributed by atoms with Crippen molar-refractivity contribution in [1.82, 2.24) is 19.8 Å². The highest BCUT2D eigenvalue weighted by atomic mass is 35.5. The van der Waals surface area contributed by atoms with Gasteiger partial charge in [0.15, 0.2) is 0 Å². The average Bonchev–Trinajstić information content (AvgIpc) is 3.42. The topological polar surface area (TPSA) is 97.5 Å². The summed E-state index contributed by atoms with van der Waals surface area (Å²) in [5, 5.41) is 17.3. The van der Waals surface area contributed by atoms with Crippen molar-refractivity contribution >= 4 is 17.5 Å². The molecule has 0 bridgehead atoms. The third-order valence-electron chi connectivity index (χ3n) is 6.84. The molecule has 2 aliphatic rings. The van der Waals surface area contributed by atoms with Gasteiger partial charge in [-0.2, -0.15) is 0 Å². The highest BCUT2D eigenvalue weighted by Gasteiger charge is 2.28. The van der Waals surface area contributed by atoms with Crippen molar-refractivity contribution in [3.05, 3.63) is 51.7 Å². The molecule has 2 aromatic rings. The summed E-state index contributed by atoms with van der Waals surface area (Å²) >= 11 is 6.31. The second-order valence-electron chi connectivity index (χ2n) is 9.47. The van der Waals surface area contributed by atoms with Crippen LogP contribution in [0.2, 0.25) is 5.02 Å². The van der Waals surface area contributed by atoms with Crippen LogP contribution in [0.1, 0.15) is 61.7 Å². The monoisotopic (exact) mass is 490 g/mol. The van der Waals surface area contributed by atoms with Crippen LogP contribution in [0.25, 0.3) is 5.69 Å². The van der Waals surface area contributed by atoms with Crippen LogP contribution in [0.3, 0.4) is 0 Å². The zero-order valence-corrected chi connectivity index (χ0v) is 20.4. The molecule has 1 saturated heterocycles. The van der Waals surface area contributed by atoms with Gasteiger partial charge >= 0.3 is 5.69 Å². The predicted molar refractivity (Wildman–Crippen MR) is 132 cm³/mol. The molecular formula is C25H35ClN4O4. The summed E-state index contributed by atoms with van der Waals surface area (Å²) in [6.07, 6.45) is 11.0. The Morgan fingerprint density at radius 3 is 2.76 bits per heavy atom. The molecule has 0 radical (unpaired) electrons. The van der Waals surface area contributed by atoms with E-state index in [1.54, 1.807) is 35.2 Å². The van der Waals surface area contributed by atoms with Gasteiger partial charge in [0, 0.05) is 38.6 Å². The van der Waals surface area contributed by atoms with Gasteiger partial charge in [0.2, 0.25) is 0 Å². The number of aromatic nitrogens is 2. The second-order valence-corrected chi connectivity index (χ2v) is 9.88. The number of hydrogen-bond acceptors (Lipinski definition) is 5. The maximum atomic E-state index is 12.9. The first-order valence-electron chi connectivity index (χ1n) is 12.4. The summed E-state index contributed by atoms with van der Waals surface area (Å²) < 4.78 is 8.98. The molecule has 1 aromatic carbocycles. The van der Waals surface area contributed by atoms with Gasteiger partial charge in [-0.05, 0) is 50.4 Å². The summed E-state index contributed by atoms with van der Waals surface area (Å²) in [4.78, 5) is 25.8. The van der Waals surface area contributed by atoms with Crippen molar-refractivity contribution in [2.24, 2.45) is 0 Å². The molecule has 1 saturated carbocycles. The summed E-state index contributed by atoms with van der Waals surface area (Å²) in [7, 11) is 0. The summed E-state index contributed by atoms with van der Waals surface area (Å²) in [5.74, 6) is -0.351. The maximum Gasteiger partial charge on any atom is 0.332 e. The number of carbonyl (C=O) groups is 1. The van der Waals surface area contributed by atoms with Gasteiger partial charge in [0.1, 0.15) is 0 Å². The van der Waals surface area contributed by atoms with Crippen molar-refractivity contribution in [1.29, 1.82) is 0 Å². The Morgan fingerprint density at radius 1 is 1.24 bits per heavy atom. The zero-order valence-electron chi connectivity index (χ0n) is 19.6. The molecule has 1 unspecified atom stereocenters. The Kier molecular flexibility index (Phi) is 8.47. The minimum absolute atomic E-state index is 0.177. The van der Waals surface area contributed by atoms with E-state index in [1.165, 1.54) is 4.57 Å². The lowest BCUT2D eigenvalue weighted by Gasteiger charge is -2.26. The summed E-state index contributed by atoms with van der Waals surface area (Å²) in [6.45, 7) is 3.26. The standard InChI is InChI=1S/C25H35ClN4O4/c26-22-7-6-19(16-21(22)23(31)28-18-25(33)9-3-1-2-4-10-25)30-14-13-29(24(30)32)12-5-15-34-20-8-11-27-17-20/h6-7,13-14,16,20,27,33H,1-5,8-12,15,17-18H2,(H,28,31). The Balaban J connectivity index is 1.38. The molecule has 4 rings (SSSR count). The molecule has 3 N–H and O–H groups in total. The second kappa shape index (κ2) is 11.5. The van der Waals surface area contributed by atoms with E-state index in [0.717, 1.165) is 51.6 Å². The lowest BCUT2D eigenvalue weighted by atomic mass is 9.94. The molecule has 1 aliphatic carbocycles. The highest BCUT2D eigenvalue weighted by Crippen LogP contribution is 2.27. The van der Waals surface area contributed by atoms with Crippen LogP contribution >= 0.6 is 11.6 Å². The SMILES string of the molecule is O=C(NCC1(O)CCCCCC1)c1cc(-n2ccn(CCCOC3CCNC3)c2=O)ccc1Cl. The first-order chi connectivity index (χ1) is 16.5. The highest BCUT2D eigenvalue weighted by molar-refractivity contribution is 6.33. The quantitative estimate of drug-likeness (QED) is 0.371. The first kappa shape index (κ1) is 25.0. The van der Waals surface area contributed by atoms with Gasteiger partial charge in [0.05, 0.1) is 28.0 Å². The fraction of sp³-hybridized carbons (Fsp3) is 0.600. The number of aryl methyl sites for hydroxylation is 1. The molecule has 1 aromatic heterocycles. The van der Waals surface area contributed by atoms with Crippen molar-refractivity contribution < 1.29 is 14.6 Å². The Bertz CT molecular complexity index is 1020. The fourth-order valence-corrected chi connectivity index (χ4v) is 4.98. The van der Waals surface area contributed by atoms with E-state index in [-0.39, 0.29) is 29.8 Å². The van der Waals surface area contributed by atoms with E-state index in [9.17, 15) is 14.7 Å². The number of ether oxygens (including phenoxy) is 1. The Morgan fingerprint density at radius 2 is 2.03 bits per heavy atom. The number of benzene rings is 1. The van der Waals surface area contributed by atoms with Crippen LogP contribution in [0, 0.1) is 0 Å². The Hall–Kier alpha value is -2.13. The van der Waals surface area contributed by atoms with E-state index < -0.39 is 5.60 Å². The fourth-order valence-electron chi connectivity index (χ4n) is 4.78. The van der Waals surface area contributed by atoms with Gasteiger partial charge < -0.3 is 20.5 Å². The number of imidazole rings is 1.